The van der Waals surface area contributed by atoms with Gasteiger partial charge in [0.25, 0.3) is 0 Å². The first-order valence-electron chi connectivity index (χ1n) is 4.31. The molecule has 2 aromatic rings. The molecule has 0 aliphatic heterocycles. The number of hydrogen-bond acceptors (Lipinski definition) is 5. The zero-order chi connectivity index (χ0) is 10.5. The summed E-state index contributed by atoms with van der Waals surface area (Å²) in [6, 6.07) is 3.58. The van der Waals surface area contributed by atoms with Gasteiger partial charge in [-0.1, -0.05) is 0 Å². The molecule has 76 valence electrons. The molecule has 2 heterocycles. The van der Waals surface area contributed by atoms with Crippen LogP contribution in [0.15, 0.2) is 34.2 Å². The van der Waals surface area contributed by atoms with Gasteiger partial charge in [0, 0.05) is 17.6 Å². The monoisotopic (exact) mass is 219 g/mol. The fraction of sp³-hybridized carbons (Fsp3) is 0.100. The minimum atomic E-state index is 0.558. The van der Waals surface area contributed by atoms with Gasteiger partial charge in [-0.15, -0.1) is 11.3 Å². The zero-order valence-corrected chi connectivity index (χ0v) is 8.94. The van der Waals surface area contributed by atoms with Gasteiger partial charge >= 0.3 is 0 Å². The summed E-state index contributed by atoms with van der Waals surface area (Å²) in [5.41, 5.74) is 3.43. The molecule has 0 spiro atoms. The van der Waals surface area contributed by atoms with Crippen molar-refractivity contribution in [1.82, 2.24) is 9.97 Å². The molecule has 0 bridgehead atoms. The number of hydrogen-bond donors (Lipinski definition) is 0. The summed E-state index contributed by atoms with van der Waals surface area (Å²) >= 11 is 1.54. The fourth-order valence-electron chi connectivity index (χ4n) is 1.02. The summed E-state index contributed by atoms with van der Waals surface area (Å²) in [6.07, 6.45) is 3.37. The van der Waals surface area contributed by atoms with Crippen molar-refractivity contribution in [1.29, 1.82) is 0 Å². The van der Waals surface area contributed by atoms with Gasteiger partial charge in [0.15, 0.2) is 0 Å². The molecular weight excluding hydrogens is 210 g/mol. The van der Waals surface area contributed by atoms with E-state index in [9.17, 15) is 0 Å². The van der Waals surface area contributed by atoms with E-state index in [1.54, 1.807) is 42.4 Å². The van der Waals surface area contributed by atoms with Crippen LogP contribution in [0.25, 0.3) is 0 Å². The Morgan fingerprint density at radius 3 is 3.13 bits per heavy atom. The van der Waals surface area contributed by atoms with E-state index in [1.165, 1.54) is 0 Å². The van der Waals surface area contributed by atoms with Gasteiger partial charge in [0.1, 0.15) is 0 Å². The van der Waals surface area contributed by atoms with Gasteiger partial charge in [-0.3, -0.25) is 4.99 Å². The van der Waals surface area contributed by atoms with Gasteiger partial charge in [0.05, 0.1) is 30.2 Å². The number of aliphatic imine (C=N–C) groups is 1. The quantitative estimate of drug-likeness (QED) is 0.744. The molecule has 0 saturated heterocycles. The van der Waals surface area contributed by atoms with E-state index in [4.69, 9.17) is 4.74 Å². The van der Waals surface area contributed by atoms with E-state index in [0.717, 1.165) is 11.4 Å². The van der Waals surface area contributed by atoms with E-state index >= 15 is 0 Å². The lowest BCUT2D eigenvalue weighted by Gasteiger charge is -1.97. The third-order valence-corrected chi connectivity index (χ3v) is 2.33. The van der Waals surface area contributed by atoms with Crippen LogP contribution in [0.1, 0.15) is 5.69 Å². The van der Waals surface area contributed by atoms with Gasteiger partial charge in [-0.25, -0.2) is 9.97 Å². The summed E-state index contributed by atoms with van der Waals surface area (Å²) in [7, 11) is 1.58. The number of ether oxygens (including phenoxy) is 1. The van der Waals surface area contributed by atoms with E-state index in [1.807, 2.05) is 11.4 Å². The lowest BCUT2D eigenvalue weighted by Crippen LogP contribution is -1.85. The molecule has 0 atom stereocenters. The Morgan fingerprint density at radius 1 is 1.47 bits per heavy atom. The molecule has 4 nitrogen and oxygen atoms in total. The second-order valence-corrected chi connectivity index (χ2v) is 3.45. The Balaban J connectivity index is 2.17. The van der Waals surface area contributed by atoms with Gasteiger partial charge in [-0.2, -0.15) is 0 Å². The Kier molecular flexibility index (Phi) is 3.04. The van der Waals surface area contributed by atoms with Crippen molar-refractivity contribution >= 4 is 23.2 Å². The SMILES string of the molecule is COc1cc(N=Cc2cscn2)ccn1. The fourth-order valence-corrected chi connectivity index (χ4v) is 1.52. The van der Waals surface area contributed by atoms with Crippen LogP contribution in [-0.4, -0.2) is 23.3 Å². The van der Waals surface area contributed by atoms with Gasteiger partial charge in [-0.05, 0) is 6.07 Å². The number of rotatable bonds is 3. The van der Waals surface area contributed by atoms with Crippen LogP contribution in [0.2, 0.25) is 0 Å². The van der Waals surface area contributed by atoms with E-state index < -0.39 is 0 Å². The summed E-state index contributed by atoms with van der Waals surface area (Å²) in [5.74, 6) is 0.558. The molecule has 0 N–H and O–H groups in total. The Labute approximate surface area is 91.3 Å². The summed E-state index contributed by atoms with van der Waals surface area (Å²) in [6.45, 7) is 0. The molecule has 0 aliphatic rings. The second kappa shape index (κ2) is 4.65. The topological polar surface area (TPSA) is 47.4 Å². The molecule has 15 heavy (non-hydrogen) atoms. The maximum Gasteiger partial charge on any atom is 0.215 e. The van der Waals surface area contributed by atoms with E-state index in [-0.39, 0.29) is 0 Å². The lowest BCUT2D eigenvalue weighted by atomic mass is 10.4. The minimum Gasteiger partial charge on any atom is -0.481 e. The predicted octanol–water partition coefficient (Wildman–Crippen LogP) is 2.30. The largest absolute Gasteiger partial charge is 0.481 e. The molecule has 0 aromatic carbocycles. The van der Waals surface area contributed by atoms with Crippen LogP contribution in [0, 0.1) is 0 Å². The van der Waals surface area contributed by atoms with Crippen molar-refractivity contribution < 1.29 is 4.74 Å². The maximum atomic E-state index is 4.99. The molecule has 0 unspecified atom stereocenters. The maximum absolute atomic E-state index is 4.99. The average Bonchev–Trinajstić information content (AvgIpc) is 2.79. The molecule has 5 heteroatoms. The summed E-state index contributed by atoms with van der Waals surface area (Å²) < 4.78 is 4.99. The second-order valence-electron chi connectivity index (χ2n) is 2.73. The van der Waals surface area contributed by atoms with E-state index in [0.29, 0.717) is 5.88 Å². The third-order valence-electron chi connectivity index (χ3n) is 1.72. The van der Waals surface area contributed by atoms with E-state index in [2.05, 4.69) is 15.0 Å². The van der Waals surface area contributed by atoms with Crippen molar-refractivity contribution in [3.8, 4) is 5.88 Å². The summed E-state index contributed by atoms with van der Waals surface area (Å²) in [4.78, 5) is 12.3. The first-order valence-corrected chi connectivity index (χ1v) is 5.25. The molecule has 0 aliphatic carbocycles. The molecule has 2 rings (SSSR count). The van der Waals surface area contributed by atoms with Gasteiger partial charge < -0.3 is 4.74 Å². The number of aromatic nitrogens is 2. The minimum absolute atomic E-state index is 0.558. The molecular formula is C10H9N3OS. The molecule has 0 radical (unpaired) electrons. The van der Waals surface area contributed by atoms with Crippen LogP contribution in [0.3, 0.4) is 0 Å². The molecule has 0 amide bonds. The highest BCUT2D eigenvalue weighted by Gasteiger charge is 1.94. The van der Waals surface area contributed by atoms with Crippen LogP contribution >= 0.6 is 11.3 Å². The van der Waals surface area contributed by atoms with Crippen molar-refractivity contribution in [3.05, 3.63) is 34.9 Å². The highest BCUT2D eigenvalue weighted by Crippen LogP contribution is 2.16. The average molecular weight is 219 g/mol. The first-order chi connectivity index (χ1) is 7.38. The standard InChI is InChI=1S/C10H9N3OS/c1-14-10-4-8(2-3-11-10)12-5-9-6-15-7-13-9/h2-7H,1H3. The number of pyridine rings is 1. The lowest BCUT2D eigenvalue weighted by molar-refractivity contribution is 0.398. The van der Waals surface area contributed by atoms with Crippen molar-refractivity contribution in [2.24, 2.45) is 4.99 Å². The number of thiazole rings is 1. The predicted molar refractivity (Wildman–Crippen MR) is 60.2 cm³/mol. The van der Waals surface area contributed by atoms with Gasteiger partial charge in [0.2, 0.25) is 5.88 Å². The zero-order valence-electron chi connectivity index (χ0n) is 8.12. The number of methoxy groups -OCH3 is 1. The molecule has 0 fully saturated rings. The smallest absolute Gasteiger partial charge is 0.215 e. The molecule has 2 aromatic heterocycles. The van der Waals surface area contributed by atoms with Crippen LogP contribution in [0.5, 0.6) is 5.88 Å². The Morgan fingerprint density at radius 2 is 2.40 bits per heavy atom. The molecule has 0 saturated carbocycles. The third kappa shape index (κ3) is 2.60. The highest BCUT2D eigenvalue weighted by molar-refractivity contribution is 7.07. The van der Waals surface area contributed by atoms with Crippen molar-refractivity contribution in [2.45, 2.75) is 0 Å². The van der Waals surface area contributed by atoms with Crippen molar-refractivity contribution in [3.63, 3.8) is 0 Å². The van der Waals surface area contributed by atoms with Crippen LogP contribution in [-0.2, 0) is 0 Å². The highest BCUT2D eigenvalue weighted by atomic mass is 32.1. The Hall–Kier alpha value is -1.75. The van der Waals surface area contributed by atoms with Crippen LogP contribution in [0.4, 0.5) is 5.69 Å². The summed E-state index contributed by atoms with van der Waals surface area (Å²) in [5, 5.41) is 1.93. The normalized spacial score (nSPS) is 10.7. The Bertz CT molecular complexity index is 453. The van der Waals surface area contributed by atoms with Crippen LogP contribution < -0.4 is 4.74 Å². The van der Waals surface area contributed by atoms with Crippen molar-refractivity contribution in [2.75, 3.05) is 7.11 Å². The number of nitrogens with zero attached hydrogens (tertiary/aromatic N) is 3. The first kappa shape index (κ1) is 9.79.